The number of benzene rings is 1. The molecular weight excluding hydrogens is 296 g/mol. The molecule has 0 spiro atoms. The number of rotatable bonds is 2. The van der Waals surface area contributed by atoms with E-state index < -0.39 is 22.9 Å². The van der Waals surface area contributed by atoms with E-state index in [4.69, 9.17) is 0 Å². The van der Waals surface area contributed by atoms with Crippen molar-refractivity contribution in [1.29, 1.82) is 0 Å². The van der Waals surface area contributed by atoms with Crippen molar-refractivity contribution in [1.82, 2.24) is 0 Å². The van der Waals surface area contributed by atoms with Gasteiger partial charge >= 0.3 is 0 Å². The molecule has 0 aliphatic heterocycles. The Hall–Kier alpha value is -1.26. The lowest BCUT2D eigenvalue weighted by atomic mass is 9.72. The van der Waals surface area contributed by atoms with Crippen LogP contribution in [-0.4, -0.2) is 11.2 Å². The van der Waals surface area contributed by atoms with Gasteiger partial charge in [-0.2, -0.15) is 4.99 Å². The first-order chi connectivity index (χ1) is 8.02. The molecule has 1 aliphatic carbocycles. The SMILES string of the molecule is O=C=NC1(c2c(O)c(Br)cc(F)c2F)CCC1. The van der Waals surface area contributed by atoms with Gasteiger partial charge in [0.1, 0.15) is 11.3 Å². The molecule has 0 unspecified atom stereocenters. The lowest BCUT2D eigenvalue weighted by Gasteiger charge is -2.37. The van der Waals surface area contributed by atoms with Crippen LogP contribution in [-0.2, 0) is 10.3 Å². The van der Waals surface area contributed by atoms with Gasteiger partial charge in [0, 0.05) is 0 Å². The van der Waals surface area contributed by atoms with Crippen molar-refractivity contribution in [3.8, 4) is 5.75 Å². The number of isocyanates is 1. The molecule has 17 heavy (non-hydrogen) atoms. The summed E-state index contributed by atoms with van der Waals surface area (Å²) >= 11 is 2.93. The first-order valence-corrected chi connectivity index (χ1v) is 5.77. The molecule has 1 aromatic rings. The van der Waals surface area contributed by atoms with Crippen LogP contribution in [0.4, 0.5) is 8.78 Å². The van der Waals surface area contributed by atoms with Crippen LogP contribution in [0.5, 0.6) is 5.75 Å². The maximum atomic E-state index is 13.7. The Morgan fingerprint density at radius 2 is 2.12 bits per heavy atom. The molecule has 0 heterocycles. The van der Waals surface area contributed by atoms with E-state index in [-0.39, 0.29) is 10.0 Å². The lowest BCUT2D eigenvalue weighted by molar-refractivity contribution is 0.235. The molecule has 3 nitrogen and oxygen atoms in total. The first kappa shape index (κ1) is 12.2. The fraction of sp³-hybridized carbons (Fsp3) is 0.364. The summed E-state index contributed by atoms with van der Waals surface area (Å²) < 4.78 is 27.1. The molecule has 0 radical (unpaired) electrons. The largest absolute Gasteiger partial charge is 0.506 e. The van der Waals surface area contributed by atoms with Gasteiger partial charge in [0.2, 0.25) is 6.08 Å². The molecule has 1 saturated carbocycles. The molecule has 90 valence electrons. The number of aromatic hydroxyl groups is 1. The number of nitrogens with zero attached hydrogens (tertiary/aromatic N) is 1. The molecule has 0 saturated heterocycles. The van der Waals surface area contributed by atoms with Gasteiger partial charge in [-0.1, -0.05) is 0 Å². The quantitative estimate of drug-likeness (QED) is 0.518. The minimum Gasteiger partial charge on any atom is -0.506 e. The van der Waals surface area contributed by atoms with Gasteiger partial charge in [-0.15, -0.1) is 0 Å². The topological polar surface area (TPSA) is 49.7 Å². The molecular formula is C11H8BrF2NO2. The van der Waals surface area contributed by atoms with Gasteiger partial charge < -0.3 is 5.11 Å². The zero-order chi connectivity index (χ0) is 12.6. The fourth-order valence-corrected chi connectivity index (χ4v) is 2.43. The Bertz CT molecular complexity index is 496. The van der Waals surface area contributed by atoms with Gasteiger partial charge in [-0.05, 0) is 41.3 Å². The number of hydrogen-bond donors (Lipinski definition) is 1. The van der Waals surface area contributed by atoms with E-state index in [9.17, 15) is 18.7 Å². The summed E-state index contributed by atoms with van der Waals surface area (Å²) in [4.78, 5) is 13.9. The predicted octanol–water partition coefficient (Wildman–Crippen LogP) is 3.15. The summed E-state index contributed by atoms with van der Waals surface area (Å²) in [7, 11) is 0. The number of aliphatic imine (C=N–C) groups is 1. The highest BCUT2D eigenvalue weighted by atomic mass is 79.9. The summed E-state index contributed by atoms with van der Waals surface area (Å²) in [6, 6.07) is 0.838. The number of carbonyl (C=O) groups excluding carboxylic acids is 1. The fourth-order valence-electron chi connectivity index (χ4n) is 2.03. The highest BCUT2D eigenvalue weighted by Gasteiger charge is 2.44. The van der Waals surface area contributed by atoms with E-state index in [0.29, 0.717) is 12.8 Å². The average molecular weight is 304 g/mol. The van der Waals surface area contributed by atoms with Crippen molar-refractivity contribution >= 4 is 22.0 Å². The second-order valence-corrected chi connectivity index (χ2v) is 4.82. The molecule has 1 aromatic carbocycles. The summed E-state index contributed by atoms with van der Waals surface area (Å²) in [5.74, 6) is -2.66. The highest BCUT2D eigenvalue weighted by Crippen LogP contribution is 2.50. The highest BCUT2D eigenvalue weighted by molar-refractivity contribution is 9.10. The second-order valence-electron chi connectivity index (χ2n) is 3.97. The van der Waals surface area contributed by atoms with Crippen LogP contribution in [0.25, 0.3) is 0 Å². The number of phenolic OH excluding ortho intramolecular Hbond substituents is 1. The van der Waals surface area contributed by atoms with Gasteiger partial charge in [-0.3, -0.25) is 0 Å². The van der Waals surface area contributed by atoms with E-state index in [2.05, 4.69) is 20.9 Å². The van der Waals surface area contributed by atoms with E-state index in [1.807, 2.05) is 0 Å². The molecule has 1 fully saturated rings. The van der Waals surface area contributed by atoms with Crippen molar-refractivity contribution in [3.05, 3.63) is 27.7 Å². The monoisotopic (exact) mass is 303 g/mol. The third kappa shape index (κ3) is 1.77. The Kier molecular flexibility index (Phi) is 3.02. The zero-order valence-electron chi connectivity index (χ0n) is 8.64. The van der Waals surface area contributed by atoms with E-state index in [1.54, 1.807) is 0 Å². The van der Waals surface area contributed by atoms with Crippen LogP contribution >= 0.6 is 15.9 Å². The van der Waals surface area contributed by atoms with Crippen molar-refractivity contribution in [2.75, 3.05) is 0 Å². The van der Waals surface area contributed by atoms with Crippen LogP contribution in [0.15, 0.2) is 15.5 Å². The molecule has 2 rings (SSSR count). The number of hydrogen-bond acceptors (Lipinski definition) is 3. The summed E-state index contributed by atoms with van der Waals surface area (Å²) in [6.45, 7) is 0. The number of halogens is 3. The van der Waals surface area contributed by atoms with Gasteiger partial charge in [0.25, 0.3) is 0 Å². The Morgan fingerprint density at radius 1 is 1.47 bits per heavy atom. The molecule has 1 N–H and O–H groups in total. The average Bonchev–Trinajstić information content (AvgIpc) is 2.23. The van der Waals surface area contributed by atoms with Crippen LogP contribution in [0, 0.1) is 11.6 Å². The maximum absolute atomic E-state index is 13.7. The van der Waals surface area contributed by atoms with Crippen molar-refractivity contribution < 1.29 is 18.7 Å². The Labute approximate surface area is 104 Å². The first-order valence-electron chi connectivity index (χ1n) is 4.98. The normalized spacial score (nSPS) is 17.1. The molecule has 0 amide bonds. The maximum Gasteiger partial charge on any atom is 0.235 e. The van der Waals surface area contributed by atoms with Crippen molar-refractivity contribution in [3.63, 3.8) is 0 Å². The van der Waals surface area contributed by atoms with Crippen LogP contribution < -0.4 is 0 Å². The Morgan fingerprint density at radius 3 is 2.59 bits per heavy atom. The molecule has 1 aliphatic rings. The molecule has 0 atom stereocenters. The smallest absolute Gasteiger partial charge is 0.235 e. The molecule has 0 aromatic heterocycles. The Balaban J connectivity index is 2.69. The molecule has 0 bridgehead atoms. The summed E-state index contributed by atoms with van der Waals surface area (Å²) in [5, 5.41) is 9.79. The van der Waals surface area contributed by atoms with E-state index >= 15 is 0 Å². The van der Waals surface area contributed by atoms with Gasteiger partial charge in [-0.25, -0.2) is 13.6 Å². The predicted molar refractivity (Wildman–Crippen MR) is 59.4 cm³/mol. The van der Waals surface area contributed by atoms with Crippen LogP contribution in [0.3, 0.4) is 0 Å². The molecule has 6 heteroatoms. The third-order valence-electron chi connectivity index (χ3n) is 3.05. The summed E-state index contributed by atoms with van der Waals surface area (Å²) in [6.07, 6.45) is 2.88. The van der Waals surface area contributed by atoms with Crippen molar-refractivity contribution in [2.45, 2.75) is 24.8 Å². The second kappa shape index (κ2) is 4.20. The minimum atomic E-state index is -1.17. The number of phenols is 1. The van der Waals surface area contributed by atoms with Crippen molar-refractivity contribution in [2.24, 2.45) is 4.99 Å². The minimum absolute atomic E-state index is 0.0405. The standard InChI is InChI=1S/C11H8BrF2NO2/c12-6-4-7(13)9(14)8(10(6)17)11(15-5-16)2-1-3-11/h4,17H,1-3H2. The summed E-state index contributed by atoms with van der Waals surface area (Å²) in [5.41, 5.74) is -1.43. The lowest BCUT2D eigenvalue weighted by Crippen LogP contribution is -2.33. The van der Waals surface area contributed by atoms with E-state index in [1.165, 1.54) is 6.08 Å². The third-order valence-corrected chi connectivity index (χ3v) is 3.66. The van der Waals surface area contributed by atoms with Crippen LogP contribution in [0.2, 0.25) is 0 Å². The van der Waals surface area contributed by atoms with Gasteiger partial charge in [0.15, 0.2) is 11.6 Å². The van der Waals surface area contributed by atoms with Crippen LogP contribution in [0.1, 0.15) is 24.8 Å². The zero-order valence-corrected chi connectivity index (χ0v) is 10.2. The van der Waals surface area contributed by atoms with E-state index in [0.717, 1.165) is 12.5 Å². The van der Waals surface area contributed by atoms with Gasteiger partial charge in [0.05, 0.1) is 10.0 Å².